The Hall–Kier alpha value is -1.39. The highest BCUT2D eigenvalue weighted by Crippen LogP contribution is 2.33. The van der Waals surface area contributed by atoms with Crippen LogP contribution in [-0.4, -0.2) is 12.0 Å². The lowest BCUT2D eigenvalue weighted by Crippen LogP contribution is -2.12. The highest BCUT2D eigenvalue weighted by atomic mass is 79.9. The third-order valence-corrected chi connectivity index (χ3v) is 4.14. The molecule has 1 aromatic carbocycles. The van der Waals surface area contributed by atoms with E-state index in [1.165, 1.54) is 17.5 Å². The van der Waals surface area contributed by atoms with E-state index in [1.807, 2.05) is 19.3 Å². The SMILES string of the molecule is CNC1CCc2cc(OCc3cncc(Br)c3)ccc21. The highest BCUT2D eigenvalue weighted by molar-refractivity contribution is 9.10. The van der Waals surface area contributed by atoms with Gasteiger partial charge in [-0.15, -0.1) is 0 Å². The van der Waals surface area contributed by atoms with Gasteiger partial charge in [0.05, 0.1) is 0 Å². The van der Waals surface area contributed by atoms with Crippen LogP contribution in [0.4, 0.5) is 0 Å². The molecule has 1 N–H and O–H groups in total. The number of ether oxygens (including phenoxy) is 1. The first-order chi connectivity index (χ1) is 9.76. The summed E-state index contributed by atoms with van der Waals surface area (Å²) < 4.78 is 6.84. The second-order valence-corrected chi connectivity index (χ2v) is 5.96. The van der Waals surface area contributed by atoms with Crippen molar-refractivity contribution >= 4 is 15.9 Å². The molecule has 3 nitrogen and oxygen atoms in total. The molecule has 1 aliphatic rings. The summed E-state index contributed by atoms with van der Waals surface area (Å²) in [7, 11) is 2.02. The Balaban J connectivity index is 1.70. The van der Waals surface area contributed by atoms with Gasteiger partial charge in [0, 0.05) is 28.5 Å². The molecule has 1 aromatic heterocycles. The molecule has 0 aliphatic heterocycles. The lowest BCUT2D eigenvalue weighted by Gasteiger charge is -2.11. The van der Waals surface area contributed by atoms with Crippen molar-refractivity contribution < 1.29 is 4.74 Å². The molecule has 20 heavy (non-hydrogen) atoms. The van der Waals surface area contributed by atoms with E-state index in [0.29, 0.717) is 12.6 Å². The predicted octanol–water partition coefficient (Wildman–Crippen LogP) is 3.63. The Bertz CT molecular complexity index is 615. The van der Waals surface area contributed by atoms with Crippen molar-refractivity contribution in [2.75, 3.05) is 7.05 Å². The van der Waals surface area contributed by atoms with E-state index in [2.05, 4.69) is 44.4 Å². The Morgan fingerprint density at radius 3 is 3.05 bits per heavy atom. The van der Waals surface area contributed by atoms with Crippen molar-refractivity contribution in [2.45, 2.75) is 25.5 Å². The van der Waals surface area contributed by atoms with Gasteiger partial charge in [0.1, 0.15) is 12.4 Å². The van der Waals surface area contributed by atoms with Gasteiger partial charge in [0.25, 0.3) is 0 Å². The topological polar surface area (TPSA) is 34.1 Å². The summed E-state index contributed by atoms with van der Waals surface area (Å²) in [6.07, 6.45) is 5.90. The smallest absolute Gasteiger partial charge is 0.120 e. The number of rotatable bonds is 4. The van der Waals surface area contributed by atoms with Crippen molar-refractivity contribution in [3.05, 3.63) is 57.8 Å². The van der Waals surface area contributed by atoms with E-state index in [0.717, 1.165) is 22.2 Å². The predicted molar refractivity (Wildman–Crippen MR) is 82.8 cm³/mol. The van der Waals surface area contributed by atoms with Crippen molar-refractivity contribution in [3.63, 3.8) is 0 Å². The minimum absolute atomic E-state index is 0.494. The van der Waals surface area contributed by atoms with Crippen LogP contribution >= 0.6 is 15.9 Å². The number of nitrogens with one attached hydrogen (secondary N) is 1. The lowest BCUT2D eigenvalue weighted by molar-refractivity contribution is 0.305. The summed E-state index contributed by atoms with van der Waals surface area (Å²) in [6, 6.07) is 8.92. The molecule has 0 bridgehead atoms. The molecule has 3 rings (SSSR count). The van der Waals surface area contributed by atoms with Crippen LogP contribution in [0.3, 0.4) is 0 Å². The largest absolute Gasteiger partial charge is 0.489 e. The number of halogens is 1. The van der Waals surface area contributed by atoms with Crippen LogP contribution in [0.2, 0.25) is 0 Å². The molecule has 1 heterocycles. The molecule has 104 valence electrons. The van der Waals surface area contributed by atoms with Gasteiger partial charge in [-0.25, -0.2) is 0 Å². The number of hydrogen-bond acceptors (Lipinski definition) is 3. The van der Waals surface area contributed by atoms with Crippen LogP contribution in [0.1, 0.15) is 29.2 Å². The number of aryl methyl sites for hydroxylation is 1. The molecular weight excluding hydrogens is 316 g/mol. The second kappa shape index (κ2) is 5.94. The quantitative estimate of drug-likeness (QED) is 0.928. The zero-order valence-corrected chi connectivity index (χ0v) is 13.0. The third kappa shape index (κ3) is 2.86. The van der Waals surface area contributed by atoms with Crippen molar-refractivity contribution in [3.8, 4) is 5.75 Å². The second-order valence-electron chi connectivity index (χ2n) is 5.04. The number of nitrogens with zero attached hydrogens (tertiary/aromatic N) is 1. The molecule has 0 fully saturated rings. The van der Waals surface area contributed by atoms with E-state index in [1.54, 1.807) is 6.20 Å². The van der Waals surface area contributed by atoms with Gasteiger partial charge in [-0.2, -0.15) is 0 Å². The summed E-state index contributed by atoms with van der Waals surface area (Å²) in [5, 5.41) is 3.35. The van der Waals surface area contributed by atoms with E-state index in [9.17, 15) is 0 Å². The number of pyridine rings is 1. The van der Waals surface area contributed by atoms with Gasteiger partial charge in [0.15, 0.2) is 0 Å². The Labute approximate surface area is 127 Å². The van der Waals surface area contributed by atoms with Gasteiger partial charge in [-0.3, -0.25) is 4.98 Å². The minimum atomic E-state index is 0.494. The number of hydrogen-bond donors (Lipinski definition) is 1. The maximum atomic E-state index is 5.86. The fourth-order valence-electron chi connectivity index (χ4n) is 2.68. The molecule has 2 aromatic rings. The zero-order chi connectivity index (χ0) is 13.9. The molecule has 1 atom stereocenters. The molecule has 0 spiro atoms. The Kier molecular flexibility index (Phi) is 4.03. The molecule has 0 amide bonds. The van der Waals surface area contributed by atoms with Crippen molar-refractivity contribution in [2.24, 2.45) is 0 Å². The minimum Gasteiger partial charge on any atom is -0.489 e. The van der Waals surface area contributed by atoms with Crippen molar-refractivity contribution in [1.29, 1.82) is 0 Å². The monoisotopic (exact) mass is 332 g/mol. The average molecular weight is 333 g/mol. The van der Waals surface area contributed by atoms with E-state index in [-0.39, 0.29) is 0 Å². The molecular formula is C16H17BrN2O. The standard InChI is InChI=1S/C16H17BrN2O/c1-18-16-5-2-12-7-14(3-4-15(12)16)20-10-11-6-13(17)9-19-8-11/h3-4,6-9,16,18H,2,5,10H2,1H3. The van der Waals surface area contributed by atoms with Crippen LogP contribution in [0.15, 0.2) is 41.1 Å². The van der Waals surface area contributed by atoms with E-state index in [4.69, 9.17) is 4.74 Å². The highest BCUT2D eigenvalue weighted by Gasteiger charge is 2.20. The summed E-state index contributed by atoms with van der Waals surface area (Å²) in [5.41, 5.74) is 3.87. The fourth-order valence-corrected chi connectivity index (χ4v) is 3.10. The van der Waals surface area contributed by atoms with E-state index < -0.39 is 0 Å². The number of fused-ring (bicyclic) bond motifs is 1. The molecule has 1 aliphatic carbocycles. The summed E-state index contributed by atoms with van der Waals surface area (Å²) in [6.45, 7) is 0.542. The maximum absolute atomic E-state index is 5.86. The van der Waals surface area contributed by atoms with Gasteiger partial charge in [0.2, 0.25) is 0 Å². The first-order valence-corrected chi connectivity index (χ1v) is 7.58. The lowest BCUT2D eigenvalue weighted by atomic mass is 10.1. The third-order valence-electron chi connectivity index (χ3n) is 3.71. The molecule has 0 saturated heterocycles. The first-order valence-electron chi connectivity index (χ1n) is 6.78. The number of benzene rings is 1. The van der Waals surface area contributed by atoms with Crippen LogP contribution in [0, 0.1) is 0 Å². The Morgan fingerprint density at radius 2 is 2.25 bits per heavy atom. The van der Waals surface area contributed by atoms with Crippen LogP contribution < -0.4 is 10.1 Å². The maximum Gasteiger partial charge on any atom is 0.120 e. The number of aromatic nitrogens is 1. The van der Waals surface area contributed by atoms with Crippen molar-refractivity contribution in [1.82, 2.24) is 10.3 Å². The normalized spacial score (nSPS) is 17.0. The Morgan fingerprint density at radius 1 is 1.35 bits per heavy atom. The average Bonchev–Trinajstić information content (AvgIpc) is 2.87. The zero-order valence-electron chi connectivity index (χ0n) is 11.4. The molecule has 4 heteroatoms. The molecule has 0 radical (unpaired) electrons. The summed E-state index contributed by atoms with van der Waals surface area (Å²) >= 11 is 3.42. The summed E-state index contributed by atoms with van der Waals surface area (Å²) in [4.78, 5) is 4.14. The fraction of sp³-hybridized carbons (Fsp3) is 0.312. The molecule has 1 unspecified atom stereocenters. The van der Waals surface area contributed by atoms with E-state index >= 15 is 0 Å². The van der Waals surface area contributed by atoms with Gasteiger partial charge in [-0.1, -0.05) is 6.07 Å². The van der Waals surface area contributed by atoms with Gasteiger partial charge < -0.3 is 10.1 Å². The van der Waals surface area contributed by atoms with Crippen LogP contribution in [0.5, 0.6) is 5.75 Å². The van der Waals surface area contributed by atoms with Gasteiger partial charge in [-0.05, 0) is 65.1 Å². The first kappa shape index (κ1) is 13.6. The van der Waals surface area contributed by atoms with Gasteiger partial charge >= 0.3 is 0 Å². The molecule has 0 saturated carbocycles. The van der Waals surface area contributed by atoms with Crippen LogP contribution in [-0.2, 0) is 13.0 Å². The van der Waals surface area contributed by atoms with Crippen LogP contribution in [0.25, 0.3) is 0 Å². The summed E-state index contributed by atoms with van der Waals surface area (Å²) in [5.74, 6) is 0.931.